The average Bonchev–Trinajstić information content (AvgIpc) is 2.84. The van der Waals surface area contributed by atoms with Crippen LogP contribution in [0.1, 0.15) is 12.5 Å². The van der Waals surface area contributed by atoms with E-state index in [-0.39, 0.29) is 0 Å². The average molecular weight is 367 g/mol. The molecule has 1 aliphatic rings. The van der Waals surface area contributed by atoms with E-state index >= 15 is 0 Å². The largest absolute Gasteiger partial charge is 0.305 e. The molecule has 1 aromatic rings. The molecular formula is C12H19BrN2O2S2. The second kappa shape index (κ2) is 5.44. The van der Waals surface area contributed by atoms with Crippen LogP contribution in [0.15, 0.2) is 14.1 Å². The maximum Gasteiger partial charge on any atom is 0.252 e. The molecule has 2 heterocycles. The van der Waals surface area contributed by atoms with Crippen LogP contribution in [0.3, 0.4) is 0 Å². The Morgan fingerprint density at radius 1 is 1.42 bits per heavy atom. The number of halogens is 1. The van der Waals surface area contributed by atoms with Crippen molar-refractivity contribution in [2.24, 2.45) is 5.92 Å². The number of likely N-dealkylation sites (N-methyl/N-ethyl adjacent to an activating group) is 1. The Kier molecular flexibility index (Phi) is 4.42. The van der Waals surface area contributed by atoms with E-state index < -0.39 is 10.0 Å². The van der Waals surface area contributed by atoms with E-state index in [0.717, 1.165) is 9.35 Å². The van der Waals surface area contributed by atoms with Gasteiger partial charge in [-0.05, 0) is 54.5 Å². The standard InChI is InChI=1S/C12H19BrN2O2S2/c1-8-5-11(18-12(8)13)19(16,17)15-6-9(2)10(7-15)14(3)4/h5,9-10H,6-7H2,1-4H3. The van der Waals surface area contributed by atoms with Crippen LogP contribution >= 0.6 is 27.3 Å². The van der Waals surface area contributed by atoms with Gasteiger partial charge in [-0.1, -0.05) is 6.92 Å². The number of hydrogen-bond acceptors (Lipinski definition) is 4. The molecule has 2 atom stereocenters. The molecule has 0 radical (unpaired) electrons. The number of aryl methyl sites for hydroxylation is 1. The minimum Gasteiger partial charge on any atom is -0.305 e. The van der Waals surface area contributed by atoms with Crippen LogP contribution in [-0.2, 0) is 10.0 Å². The van der Waals surface area contributed by atoms with Crippen molar-refractivity contribution in [3.63, 3.8) is 0 Å². The highest BCUT2D eigenvalue weighted by molar-refractivity contribution is 9.11. The normalized spacial score (nSPS) is 25.4. The molecule has 0 spiro atoms. The molecule has 1 aromatic heterocycles. The first-order chi connectivity index (χ1) is 8.73. The first-order valence-electron chi connectivity index (χ1n) is 6.16. The van der Waals surface area contributed by atoms with Crippen molar-refractivity contribution in [2.75, 3.05) is 27.2 Å². The molecule has 0 aromatic carbocycles. The SMILES string of the molecule is Cc1cc(S(=O)(=O)N2CC(C)C(N(C)C)C2)sc1Br. The van der Waals surface area contributed by atoms with Gasteiger partial charge in [0.05, 0.1) is 3.79 Å². The van der Waals surface area contributed by atoms with Crippen molar-refractivity contribution >= 4 is 37.3 Å². The van der Waals surface area contributed by atoms with Gasteiger partial charge in [-0.3, -0.25) is 0 Å². The summed E-state index contributed by atoms with van der Waals surface area (Å²) in [5.41, 5.74) is 0.972. The number of sulfonamides is 1. The van der Waals surface area contributed by atoms with Crippen molar-refractivity contribution in [1.82, 2.24) is 9.21 Å². The second-order valence-corrected chi connectivity index (χ2v) is 9.89. The zero-order valence-electron chi connectivity index (χ0n) is 11.6. The molecule has 1 saturated heterocycles. The summed E-state index contributed by atoms with van der Waals surface area (Å²) in [6, 6.07) is 2.04. The number of hydrogen-bond donors (Lipinski definition) is 0. The Balaban J connectivity index is 2.27. The van der Waals surface area contributed by atoms with Crippen LogP contribution in [0.5, 0.6) is 0 Å². The summed E-state index contributed by atoms with van der Waals surface area (Å²) in [4.78, 5) is 2.11. The van der Waals surface area contributed by atoms with Gasteiger partial charge in [-0.25, -0.2) is 8.42 Å². The molecule has 0 amide bonds. The molecular weight excluding hydrogens is 348 g/mol. The van der Waals surface area contributed by atoms with Crippen LogP contribution in [0, 0.1) is 12.8 Å². The van der Waals surface area contributed by atoms with E-state index in [1.165, 1.54) is 11.3 Å². The fourth-order valence-electron chi connectivity index (χ4n) is 2.46. The molecule has 0 aliphatic carbocycles. The minimum atomic E-state index is -3.34. The van der Waals surface area contributed by atoms with E-state index in [1.54, 1.807) is 10.4 Å². The fourth-order valence-corrected chi connectivity index (χ4v) is 6.40. The van der Waals surface area contributed by atoms with Gasteiger partial charge in [0.1, 0.15) is 4.21 Å². The molecule has 4 nitrogen and oxygen atoms in total. The first-order valence-corrected chi connectivity index (χ1v) is 9.21. The number of rotatable bonds is 3. The lowest BCUT2D eigenvalue weighted by Gasteiger charge is -2.22. The molecule has 0 bridgehead atoms. The highest BCUT2D eigenvalue weighted by Crippen LogP contribution is 2.34. The quantitative estimate of drug-likeness (QED) is 0.824. The smallest absolute Gasteiger partial charge is 0.252 e. The van der Waals surface area contributed by atoms with E-state index in [1.807, 2.05) is 21.0 Å². The molecule has 19 heavy (non-hydrogen) atoms. The predicted molar refractivity (Wildman–Crippen MR) is 82.2 cm³/mol. The molecule has 1 aliphatic heterocycles. The Labute approximate surface area is 127 Å². The summed E-state index contributed by atoms with van der Waals surface area (Å²) >= 11 is 4.68. The molecule has 1 fully saturated rings. The minimum absolute atomic E-state index is 0.291. The summed E-state index contributed by atoms with van der Waals surface area (Å²) in [7, 11) is 0.662. The van der Waals surface area contributed by atoms with E-state index in [9.17, 15) is 8.42 Å². The summed E-state index contributed by atoms with van der Waals surface area (Å²) in [5.74, 6) is 0.356. The van der Waals surface area contributed by atoms with Crippen molar-refractivity contribution in [3.05, 3.63) is 15.4 Å². The van der Waals surface area contributed by atoms with Gasteiger partial charge in [0.25, 0.3) is 10.0 Å². The highest BCUT2D eigenvalue weighted by atomic mass is 79.9. The molecule has 108 valence electrons. The van der Waals surface area contributed by atoms with E-state index in [0.29, 0.717) is 29.3 Å². The summed E-state index contributed by atoms with van der Waals surface area (Å²) in [6.45, 7) is 5.19. The highest BCUT2D eigenvalue weighted by Gasteiger charge is 2.38. The van der Waals surface area contributed by atoms with E-state index in [4.69, 9.17) is 0 Å². The van der Waals surface area contributed by atoms with Gasteiger partial charge >= 0.3 is 0 Å². The van der Waals surface area contributed by atoms with Crippen molar-refractivity contribution in [3.8, 4) is 0 Å². The number of thiophene rings is 1. The Morgan fingerprint density at radius 2 is 2.05 bits per heavy atom. The van der Waals surface area contributed by atoms with Crippen molar-refractivity contribution in [1.29, 1.82) is 0 Å². The topological polar surface area (TPSA) is 40.6 Å². The second-order valence-electron chi connectivity index (χ2n) is 5.35. The summed E-state index contributed by atoms with van der Waals surface area (Å²) in [5, 5.41) is 0. The van der Waals surface area contributed by atoms with Crippen LogP contribution < -0.4 is 0 Å². The van der Waals surface area contributed by atoms with Gasteiger partial charge in [0.15, 0.2) is 0 Å². The Hall–Kier alpha value is 0.0500. The lowest BCUT2D eigenvalue weighted by atomic mass is 10.1. The summed E-state index contributed by atoms with van der Waals surface area (Å²) in [6.07, 6.45) is 0. The molecule has 2 unspecified atom stereocenters. The first kappa shape index (κ1) is 15.4. The lowest BCUT2D eigenvalue weighted by molar-refractivity contribution is 0.263. The zero-order chi connectivity index (χ0) is 14.4. The third kappa shape index (κ3) is 2.90. The molecule has 0 saturated carbocycles. The van der Waals surface area contributed by atoms with Gasteiger partial charge < -0.3 is 4.90 Å². The maximum atomic E-state index is 12.6. The van der Waals surface area contributed by atoms with Gasteiger partial charge in [-0.15, -0.1) is 11.3 Å². The van der Waals surface area contributed by atoms with Gasteiger partial charge in [0.2, 0.25) is 0 Å². The van der Waals surface area contributed by atoms with Crippen LogP contribution in [0.2, 0.25) is 0 Å². The molecule has 0 N–H and O–H groups in total. The van der Waals surface area contributed by atoms with Crippen molar-refractivity contribution in [2.45, 2.75) is 24.1 Å². The number of nitrogens with zero attached hydrogens (tertiary/aromatic N) is 2. The Bertz CT molecular complexity index is 549. The van der Waals surface area contributed by atoms with Crippen LogP contribution in [0.25, 0.3) is 0 Å². The predicted octanol–water partition coefficient (Wildman–Crippen LogP) is 2.39. The molecule has 7 heteroatoms. The van der Waals surface area contributed by atoms with Crippen LogP contribution in [-0.4, -0.2) is 50.8 Å². The monoisotopic (exact) mass is 366 g/mol. The fraction of sp³-hybridized carbons (Fsp3) is 0.667. The van der Waals surface area contributed by atoms with Crippen molar-refractivity contribution < 1.29 is 8.42 Å². The maximum absolute atomic E-state index is 12.6. The lowest BCUT2D eigenvalue weighted by Crippen LogP contribution is -2.35. The molecule has 2 rings (SSSR count). The zero-order valence-corrected chi connectivity index (χ0v) is 14.8. The summed E-state index contributed by atoms with van der Waals surface area (Å²) < 4.78 is 28.2. The third-order valence-corrected chi connectivity index (χ3v) is 8.05. The van der Waals surface area contributed by atoms with Gasteiger partial charge in [-0.2, -0.15) is 4.31 Å². The van der Waals surface area contributed by atoms with Gasteiger partial charge in [0, 0.05) is 19.1 Å². The third-order valence-electron chi connectivity index (χ3n) is 3.63. The van der Waals surface area contributed by atoms with Crippen LogP contribution in [0.4, 0.5) is 0 Å². The Morgan fingerprint density at radius 3 is 2.47 bits per heavy atom. The van der Waals surface area contributed by atoms with E-state index in [2.05, 4.69) is 27.8 Å².